The summed E-state index contributed by atoms with van der Waals surface area (Å²) in [7, 11) is 0. The number of aliphatic hydroxyl groups is 2. The van der Waals surface area contributed by atoms with Gasteiger partial charge in [-0.3, -0.25) is 4.79 Å². The van der Waals surface area contributed by atoms with Crippen LogP contribution in [0.15, 0.2) is 12.2 Å². The molecule has 0 saturated heterocycles. The molecule has 0 radical (unpaired) electrons. The smallest absolute Gasteiger partial charge is 0.220 e. The first-order valence-electron chi connectivity index (χ1n) is 26.9. The molecular formula is C54H107NO3. The van der Waals surface area contributed by atoms with Gasteiger partial charge in [0.05, 0.1) is 18.8 Å². The van der Waals surface area contributed by atoms with Crippen LogP contribution in [0.4, 0.5) is 0 Å². The summed E-state index contributed by atoms with van der Waals surface area (Å²) in [5, 5.41) is 23.3. The van der Waals surface area contributed by atoms with Gasteiger partial charge >= 0.3 is 0 Å². The molecule has 2 unspecified atom stereocenters. The number of aliphatic hydroxyl groups excluding tert-OH is 2. The Morgan fingerprint density at radius 1 is 0.397 bits per heavy atom. The summed E-state index contributed by atoms with van der Waals surface area (Å²) in [4.78, 5) is 12.5. The van der Waals surface area contributed by atoms with Crippen LogP contribution in [-0.2, 0) is 4.79 Å². The third-order valence-corrected chi connectivity index (χ3v) is 12.8. The van der Waals surface area contributed by atoms with E-state index in [0.717, 1.165) is 25.7 Å². The predicted molar refractivity (Wildman–Crippen MR) is 258 cm³/mol. The monoisotopic (exact) mass is 818 g/mol. The third kappa shape index (κ3) is 46.2. The Balaban J connectivity index is 3.42. The van der Waals surface area contributed by atoms with Gasteiger partial charge in [-0.15, -0.1) is 0 Å². The molecule has 1 amide bonds. The number of nitrogens with one attached hydrogen (secondary N) is 1. The molecule has 0 heterocycles. The number of hydrogen-bond donors (Lipinski definition) is 3. The van der Waals surface area contributed by atoms with Crippen LogP contribution in [0, 0.1) is 0 Å². The van der Waals surface area contributed by atoms with Crippen molar-refractivity contribution in [2.24, 2.45) is 0 Å². The van der Waals surface area contributed by atoms with Gasteiger partial charge in [0.2, 0.25) is 5.91 Å². The van der Waals surface area contributed by atoms with Gasteiger partial charge in [0.25, 0.3) is 0 Å². The fourth-order valence-electron chi connectivity index (χ4n) is 8.65. The van der Waals surface area contributed by atoms with Crippen molar-refractivity contribution < 1.29 is 15.0 Å². The van der Waals surface area contributed by atoms with Crippen molar-refractivity contribution in [1.29, 1.82) is 0 Å². The first kappa shape index (κ1) is 57.1. The maximum atomic E-state index is 12.5. The van der Waals surface area contributed by atoms with Crippen LogP contribution in [0.2, 0.25) is 0 Å². The Morgan fingerprint density at radius 2 is 0.655 bits per heavy atom. The number of amides is 1. The maximum absolute atomic E-state index is 12.5. The molecule has 346 valence electrons. The lowest BCUT2D eigenvalue weighted by Gasteiger charge is -2.22. The molecule has 0 aromatic carbocycles. The summed E-state index contributed by atoms with van der Waals surface area (Å²) in [6, 6.07) is -0.535. The van der Waals surface area contributed by atoms with Gasteiger partial charge in [-0.25, -0.2) is 0 Å². The Labute approximate surface area is 365 Å². The van der Waals surface area contributed by atoms with Crippen LogP contribution in [0.3, 0.4) is 0 Å². The molecule has 0 rings (SSSR count). The molecule has 0 aromatic heterocycles. The summed E-state index contributed by atoms with van der Waals surface area (Å²) in [5.74, 6) is -0.0284. The standard InChI is InChI=1S/C54H107NO3/c1-3-5-7-9-11-13-15-17-19-21-23-24-25-26-27-28-29-30-32-33-35-37-39-41-43-45-47-49-53(57)52(51-56)55-54(58)50-48-46-44-42-40-38-36-34-31-22-20-18-16-14-12-10-8-6-4-2/h18,20,52-53,56-57H,3-17,19,21-51H2,1-2H3,(H,55,58)/b20-18-. The largest absolute Gasteiger partial charge is 0.394 e. The highest BCUT2D eigenvalue weighted by molar-refractivity contribution is 5.76. The number of rotatable bonds is 50. The van der Waals surface area contributed by atoms with E-state index < -0.39 is 12.1 Å². The van der Waals surface area contributed by atoms with Crippen LogP contribution in [-0.4, -0.2) is 34.9 Å². The summed E-state index contributed by atoms with van der Waals surface area (Å²) in [6.45, 7) is 4.39. The lowest BCUT2D eigenvalue weighted by atomic mass is 10.0. The van der Waals surface area contributed by atoms with Gasteiger partial charge in [-0.1, -0.05) is 276 Å². The zero-order valence-corrected chi connectivity index (χ0v) is 39.8. The molecule has 0 aliphatic rings. The zero-order valence-electron chi connectivity index (χ0n) is 39.8. The molecule has 0 aliphatic heterocycles. The molecule has 4 heteroatoms. The quantitative estimate of drug-likeness (QED) is 0.0423. The predicted octanol–water partition coefficient (Wildman–Crippen LogP) is 17.4. The van der Waals surface area contributed by atoms with Gasteiger partial charge in [0.1, 0.15) is 0 Å². The van der Waals surface area contributed by atoms with Crippen molar-refractivity contribution in [2.75, 3.05) is 6.61 Å². The van der Waals surface area contributed by atoms with E-state index in [1.807, 2.05) is 0 Å². The minimum absolute atomic E-state index is 0.0284. The van der Waals surface area contributed by atoms with E-state index in [2.05, 4.69) is 31.3 Å². The zero-order chi connectivity index (χ0) is 42.1. The van der Waals surface area contributed by atoms with Crippen LogP contribution in [0.25, 0.3) is 0 Å². The molecule has 0 aliphatic carbocycles. The second kappa shape index (κ2) is 50.5. The van der Waals surface area contributed by atoms with Crippen LogP contribution < -0.4 is 5.32 Å². The van der Waals surface area contributed by atoms with Crippen LogP contribution in [0.5, 0.6) is 0 Å². The average molecular weight is 818 g/mol. The van der Waals surface area contributed by atoms with E-state index in [9.17, 15) is 15.0 Å². The van der Waals surface area contributed by atoms with E-state index in [1.165, 1.54) is 257 Å². The Morgan fingerprint density at radius 3 is 0.948 bits per heavy atom. The summed E-state index contributed by atoms with van der Waals surface area (Å²) >= 11 is 0. The average Bonchev–Trinajstić information content (AvgIpc) is 3.23. The van der Waals surface area contributed by atoms with Crippen molar-refractivity contribution in [3.05, 3.63) is 12.2 Å². The first-order valence-corrected chi connectivity index (χ1v) is 26.9. The second-order valence-corrected chi connectivity index (χ2v) is 18.7. The first-order chi connectivity index (χ1) is 28.7. The molecule has 4 nitrogen and oxygen atoms in total. The van der Waals surface area contributed by atoms with Gasteiger partial charge in [0, 0.05) is 6.42 Å². The molecule has 0 fully saturated rings. The highest BCUT2D eigenvalue weighted by Gasteiger charge is 2.20. The molecule has 2 atom stereocenters. The summed E-state index contributed by atoms with van der Waals surface area (Å²) in [5.41, 5.74) is 0. The fraction of sp³-hybridized carbons (Fsp3) is 0.944. The molecule has 0 bridgehead atoms. The van der Waals surface area contributed by atoms with Crippen LogP contribution in [0.1, 0.15) is 309 Å². The summed E-state index contributed by atoms with van der Waals surface area (Å²) in [6.07, 6.45) is 64.7. The molecule has 3 N–H and O–H groups in total. The minimum Gasteiger partial charge on any atom is -0.394 e. The Hall–Kier alpha value is -0.870. The molecule has 0 spiro atoms. The number of carbonyl (C=O) groups excluding carboxylic acids is 1. The lowest BCUT2D eigenvalue weighted by molar-refractivity contribution is -0.123. The van der Waals surface area contributed by atoms with E-state index >= 15 is 0 Å². The number of unbranched alkanes of at least 4 members (excludes halogenated alkanes) is 41. The normalized spacial score (nSPS) is 12.8. The molecular weight excluding hydrogens is 711 g/mol. The lowest BCUT2D eigenvalue weighted by Crippen LogP contribution is -2.45. The molecule has 58 heavy (non-hydrogen) atoms. The topological polar surface area (TPSA) is 69.6 Å². The fourth-order valence-corrected chi connectivity index (χ4v) is 8.65. The second-order valence-electron chi connectivity index (χ2n) is 18.7. The van der Waals surface area contributed by atoms with Crippen molar-refractivity contribution in [3.63, 3.8) is 0 Å². The van der Waals surface area contributed by atoms with Crippen LogP contribution >= 0.6 is 0 Å². The van der Waals surface area contributed by atoms with Crippen molar-refractivity contribution in [3.8, 4) is 0 Å². The highest BCUT2D eigenvalue weighted by atomic mass is 16.3. The minimum atomic E-state index is -0.658. The van der Waals surface area contributed by atoms with Gasteiger partial charge < -0.3 is 15.5 Å². The Kier molecular flexibility index (Phi) is 49.7. The number of carbonyl (C=O) groups is 1. The molecule has 0 saturated carbocycles. The van der Waals surface area contributed by atoms with Crippen molar-refractivity contribution >= 4 is 5.91 Å². The Bertz CT molecular complexity index is 799. The van der Waals surface area contributed by atoms with E-state index in [-0.39, 0.29) is 12.5 Å². The third-order valence-electron chi connectivity index (χ3n) is 12.8. The van der Waals surface area contributed by atoms with Gasteiger partial charge in [0.15, 0.2) is 0 Å². The maximum Gasteiger partial charge on any atom is 0.220 e. The van der Waals surface area contributed by atoms with E-state index in [4.69, 9.17) is 0 Å². The molecule has 0 aromatic rings. The van der Waals surface area contributed by atoms with Crippen molar-refractivity contribution in [1.82, 2.24) is 5.32 Å². The highest BCUT2D eigenvalue weighted by Crippen LogP contribution is 2.18. The van der Waals surface area contributed by atoms with E-state index in [1.54, 1.807) is 0 Å². The van der Waals surface area contributed by atoms with Gasteiger partial charge in [-0.05, 0) is 38.5 Å². The van der Waals surface area contributed by atoms with E-state index in [0.29, 0.717) is 12.8 Å². The number of allylic oxidation sites excluding steroid dienone is 2. The van der Waals surface area contributed by atoms with Crippen molar-refractivity contribution in [2.45, 2.75) is 321 Å². The summed E-state index contributed by atoms with van der Waals surface area (Å²) < 4.78 is 0. The van der Waals surface area contributed by atoms with Gasteiger partial charge in [-0.2, -0.15) is 0 Å². The SMILES string of the molecule is CCCCCCCC/C=C\CCCCCCCCCCCC(=O)NC(CO)C(O)CCCCCCCCCCCCCCCCCCCCCCCCCCCCC. The number of hydrogen-bond acceptors (Lipinski definition) is 3.